The fourth-order valence-electron chi connectivity index (χ4n) is 3.43. The molecule has 0 bridgehead atoms. The normalized spacial score (nSPS) is 15.9. The lowest BCUT2D eigenvalue weighted by Crippen LogP contribution is -2.43. The average molecular weight is 367 g/mol. The van der Waals surface area contributed by atoms with Crippen LogP contribution < -0.4 is 4.74 Å². The summed E-state index contributed by atoms with van der Waals surface area (Å²) in [5.41, 5.74) is 5.98. The smallest absolute Gasteiger partial charge is 0.161 e. The molecule has 0 aromatic heterocycles. The zero-order valence-electron chi connectivity index (χ0n) is 16.7. The van der Waals surface area contributed by atoms with E-state index in [1.54, 1.807) is 13.2 Å². The molecule has 0 saturated carbocycles. The molecule has 0 radical (unpaired) electrons. The number of piperazine rings is 1. The molecule has 0 atom stereocenters. The number of aryl methyl sites for hydroxylation is 2. The molecule has 1 aliphatic heterocycles. The third-order valence-corrected chi connectivity index (χ3v) is 5.13. The molecule has 1 saturated heterocycles. The highest BCUT2D eigenvalue weighted by molar-refractivity contribution is 5.99. The van der Waals surface area contributed by atoms with Gasteiger partial charge >= 0.3 is 0 Å². The lowest BCUT2D eigenvalue weighted by Gasteiger charge is -2.33. The summed E-state index contributed by atoms with van der Waals surface area (Å²) in [6.07, 6.45) is 0. The van der Waals surface area contributed by atoms with E-state index in [2.05, 4.69) is 42.0 Å². The molecule has 1 aliphatic rings. The molecule has 1 N–H and O–H groups in total. The van der Waals surface area contributed by atoms with Gasteiger partial charge in [0.05, 0.1) is 12.8 Å². The lowest BCUT2D eigenvalue weighted by atomic mass is 10.1. The van der Waals surface area contributed by atoms with Crippen molar-refractivity contribution < 1.29 is 9.84 Å². The maximum Gasteiger partial charge on any atom is 0.161 e. The Kier molecular flexibility index (Phi) is 6.01. The number of phenolic OH excluding ortho intramolecular Hbond substituents is 1. The van der Waals surface area contributed by atoms with E-state index in [0.717, 1.165) is 44.0 Å². The summed E-state index contributed by atoms with van der Waals surface area (Å²) in [6.45, 7) is 11.2. The number of ether oxygens (including phenoxy) is 1. The molecule has 1 heterocycles. The van der Waals surface area contributed by atoms with E-state index in [1.807, 2.05) is 19.1 Å². The van der Waals surface area contributed by atoms with Gasteiger partial charge in [-0.05, 0) is 50.1 Å². The predicted octanol–water partition coefficient (Wildman–Crippen LogP) is 3.56. The fourth-order valence-corrected chi connectivity index (χ4v) is 3.43. The molecule has 2 aromatic carbocycles. The number of methoxy groups -OCH3 is 1. The standard InChI is InChI=1S/C22H29N3O2/c1-16-5-6-20(17(2)13-16)15-24-9-11-25(12-10-24)23-18(3)19-7-8-21(26)22(14-19)27-4/h5-8,13-14,26H,9-12,15H2,1-4H3. The van der Waals surface area contributed by atoms with Crippen LogP contribution >= 0.6 is 0 Å². The Morgan fingerprint density at radius 2 is 1.81 bits per heavy atom. The monoisotopic (exact) mass is 367 g/mol. The van der Waals surface area contributed by atoms with Crippen molar-refractivity contribution in [1.82, 2.24) is 9.91 Å². The largest absolute Gasteiger partial charge is 0.504 e. The van der Waals surface area contributed by atoms with Crippen molar-refractivity contribution in [2.75, 3.05) is 33.3 Å². The molecular weight excluding hydrogens is 338 g/mol. The van der Waals surface area contributed by atoms with Crippen LogP contribution in [0.3, 0.4) is 0 Å². The van der Waals surface area contributed by atoms with E-state index >= 15 is 0 Å². The summed E-state index contributed by atoms with van der Waals surface area (Å²) in [5, 5.41) is 16.6. The maximum absolute atomic E-state index is 9.74. The molecule has 144 valence electrons. The fraction of sp³-hybridized carbons (Fsp3) is 0.409. The molecular formula is C22H29N3O2. The van der Waals surface area contributed by atoms with Gasteiger partial charge in [-0.1, -0.05) is 23.8 Å². The van der Waals surface area contributed by atoms with Crippen molar-refractivity contribution in [1.29, 1.82) is 0 Å². The average Bonchev–Trinajstić information content (AvgIpc) is 2.66. The predicted molar refractivity (Wildman–Crippen MR) is 110 cm³/mol. The summed E-state index contributed by atoms with van der Waals surface area (Å²) < 4.78 is 5.19. The van der Waals surface area contributed by atoms with Gasteiger partial charge in [-0.2, -0.15) is 5.10 Å². The van der Waals surface area contributed by atoms with Crippen molar-refractivity contribution in [2.45, 2.75) is 27.3 Å². The van der Waals surface area contributed by atoms with Crippen LogP contribution in [-0.4, -0.2) is 54.0 Å². The second-order valence-corrected chi connectivity index (χ2v) is 7.23. The number of hydrogen-bond acceptors (Lipinski definition) is 5. The van der Waals surface area contributed by atoms with Crippen LogP contribution in [0.25, 0.3) is 0 Å². The highest BCUT2D eigenvalue weighted by atomic mass is 16.5. The van der Waals surface area contributed by atoms with Gasteiger partial charge in [0.1, 0.15) is 0 Å². The molecule has 3 rings (SSSR count). The Balaban J connectivity index is 1.59. The number of rotatable bonds is 5. The van der Waals surface area contributed by atoms with Gasteiger partial charge in [0.25, 0.3) is 0 Å². The number of nitrogens with zero attached hydrogens (tertiary/aromatic N) is 3. The second-order valence-electron chi connectivity index (χ2n) is 7.23. The first-order valence-electron chi connectivity index (χ1n) is 9.42. The second kappa shape index (κ2) is 8.44. The molecule has 27 heavy (non-hydrogen) atoms. The number of aromatic hydroxyl groups is 1. The van der Waals surface area contributed by atoms with Gasteiger partial charge in [-0.3, -0.25) is 9.91 Å². The van der Waals surface area contributed by atoms with Crippen molar-refractivity contribution >= 4 is 5.71 Å². The highest BCUT2D eigenvalue weighted by Crippen LogP contribution is 2.26. The minimum atomic E-state index is 0.147. The van der Waals surface area contributed by atoms with Crippen LogP contribution in [0.1, 0.15) is 29.2 Å². The van der Waals surface area contributed by atoms with E-state index in [0.29, 0.717) is 5.75 Å². The molecule has 0 spiro atoms. The number of benzene rings is 2. The summed E-state index contributed by atoms with van der Waals surface area (Å²) >= 11 is 0. The molecule has 5 heteroatoms. The van der Waals surface area contributed by atoms with Crippen molar-refractivity contribution in [3.05, 3.63) is 58.7 Å². The Morgan fingerprint density at radius 1 is 1.07 bits per heavy atom. The molecule has 5 nitrogen and oxygen atoms in total. The summed E-state index contributed by atoms with van der Waals surface area (Å²) in [4.78, 5) is 2.49. The molecule has 0 unspecified atom stereocenters. The van der Waals surface area contributed by atoms with Crippen LogP contribution in [0.2, 0.25) is 0 Å². The Hall–Kier alpha value is -2.53. The Labute approximate surface area is 161 Å². The number of hydrazone groups is 1. The van der Waals surface area contributed by atoms with Gasteiger partial charge < -0.3 is 9.84 Å². The van der Waals surface area contributed by atoms with Gasteiger partial charge in [0, 0.05) is 38.3 Å². The van der Waals surface area contributed by atoms with Crippen LogP contribution in [0.15, 0.2) is 41.5 Å². The Morgan fingerprint density at radius 3 is 2.48 bits per heavy atom. The minimum absolute atomic E-state index is 0.147. The summed E-state index contributed by atoms with van der Waals surface area (Å²) in [5.74, 6) is 0.620. The molecule has 0 amide bonds. The highest BCUT2D eigenvalue weighted by Gasteiger charge is 2.17. The first-order chi connectivity index (χ1) is 13.0. The lowest BCUT2D eigenvalue weighted by molar-refractivity contribution is 0.130. The first-order valence-corrected chi connectivity index (χ1v) is 9.42. The topological polar surface area (TPSA) is 48.3 Å². The van der Waals surface area contributed by atoms with E-state index < -0.39 is 0 Å². The third-order valence-electron chi connectivity index (χ3n) is 5.13. The van der Waals surface area contributed by atoms with E-state index in [1.165, 1.54) is 16.7 Å². The number of phenols is 1. The van der Waals surface area contributed by atoms with E-state index in [4.69, 9.17) is 9.84 Å². The van der Waals surface area contributed by atoms with Crippen LogP contribution in [-0.2, 0) is 6.54 Å². The van der Waals surface area contributed by atoms with E-state index in [9.17, 15) is 5.11 Å². The SMILES string of the molecule is COc1cc(C(C)=NN2CCN(Cc3ccc(C)cc3C)CC2)ccc1O. The maximum atomic E-state index is 9.74. The quantitative estimate of drug-likeness (QED) is 0.821. The minimum Gasteiger partial charge on any atom is -0.504 e. The first kappa shape index (κ1) is 19.2. The Bertz CT molecular complexity index is 824. The van der Waals surface area contributed by atoms with Gasteiger partial charge in [0.2, 0.25) is 0 Å². The molecule has 2 aromatic rings. The van der Waals surface area contributed by atoms with Crippen LogP contribution in [0.4, 0.5) is 0 Å². The zero-order chi connectivity index (χ0) is 19.4. The summed E-state index contributed by atoms with van der Waals surface area (Å²) in [7, 11) is 1.56. The van der Waals surface area contributed by atoms with Gasteiger partial charge in [-0.25, -0.2) is 0 Å². The molecule has 0 aliphatic carbocycles. The van der Waals surface area contributed by atoms with Crippen LogP contribution in [0.5, 0.6) is 11.5 Å². The van der Waals surface area contributed by atoms with Gasteiger partial charge in [-0.15, -0.1) is 0 Å². The van der Waals surface area contributed by atoms with Crippen molar-refractivity contribution in [3.8, 4) is 11.5 Å². The van der Waals surface area contributed by atoms with Crippen molar-refractivity contribution in [2.24, 2.45) is 5.10 Å². The van der Waals surface area contributed by atoms with Gasteiger partial charge in [0.15, 0.2) is 11.5 Å². The van der Waals surface area contributed by atoms with Crippen LogP contribution in [0, 0.1) is 13.8 Å². The third kappa shape index (κ3) is 4.80. The van der Waals surface area contributed by atoms with E-state index in [-0.39, 0.29) is 5.75 Å². The van der Waals surface area contributed by atoms with Crippen molar-refractivity contribution in [3.63, 3.8) is 0 Å². The zero-order valence-corrected chi connectivity index (χ0v) is 16.7. The number of hydrogen-bond donors (Lipinski definition) is 1. The molecule has 1 fully saturated rings. The summed E-state index contributed by atoms with van der Waals surface area (Å²) in [6, 6.07) is 12.0.